The Labute approximate surface area is 108 Å². The summed E-state index contributed by atoms with van der Waals surface area (Å²) >= 11 is 0. The number of nitrogens with one attached hydrogen (secondary N) is 1. The Kier molecular flexibility index (Phi) is 3.20. The van der Waals surface area contributed by atoms with E-state index in [1.165, 1.54) is 32.4 Å². The standard InChI is InChI=1S/C16H19NO/c18-16-14(12-17-10-4-1-5-11-17)9-8-13-6-2-3-7-15(13)16/h2-3,6-9,18H,1,4-5,10-12H2/p+1. The third-order valence-corrected chi connectivity index (χ3v) is 3.99. The molecule has 2 N–H and O–H groups in total. The normalized spacial score (nSPS) is 17.1. The minimum atomic E-state index is 0.478. The van der Waals surface area contributed by atoms with Crippen LogP contribution in [-0.2, 0) is 6.54 Å². The number of piperidine rings is 1. The molecule has 94 valence electrons. The van der Waals surface area contributed by atoms with Crippen LogP contribution in [0.2, 0.25) is 0 Å². The number of hydrogen-bond acceptors (Lipinski definition) is 1. The number of fused-ring (bicyclic) bond motifs is 1. The molecule has 2 nitrogen and oxygen atoms in total. The summed E-state index contributed by atoms with van der Waals surface area (Å²) < 4.78 is 0. The molecule has 0 aromatic heterocycles. The monoisotopic (exact) mass is 242 g/mol. The van der Waals surface area contributed by atoms with Crippen molar-refractivity contribution in [2.75, 3.05) is 13.1 Å². The van der Waals surface area contributed by atoms with Crippen LogP contribution in [0.1, 0.15) is 24.8 Å². The highest BCUT2D eigenvalue weighted by molar-refractivity contribution is 5.89. The lowest BCUT2D eigenvalue weighted by molar-refractivity contribution is -0.918. The average molecular weight is 242 g/mol. The number of quaternary nitrogens is 1. The average Bonchev–Trinajstić information content (AvgIpc) is 2.43. The lowest BCUT2D eigenvalue weighted by atomic mass is 10.0. The summed E-state index contributed by atoms with van der Waals surface area (Å²) in [6.45, 7) is 3.44. The maximum Gasteiger partial charge on any atom is 0.132 e. The van der Waals surface area contributed by atoms with E-state index in [0.717, 1.165) is 22.9 Å². The largest absolute Gasteiger partial charge is 0.507 e. The zero-order valence-corrected chi connectivity index (χ0v) is 10.7. The van der Waals surface area contributed by atoms with E-state index in [2.05, 4.69) is 12.1 Å². The van der Waals surface area contributed by atoms with Gasteiger partial charge in [0.25, 0.3) is 0 Å². The van der Waals surface area contributed by atoms with Crippen molar-refractivity contribution in [1.29, 1.82) is 0 Å². The molecule has 1 heterocycles. The molecule has 0 amide bonds. The predicted molar refractivity (Wildman–Crippen MR) is 73.9 cm³/mol. The second-order valence-corrected chi connectivity index (χ2v) is 5.28. The molecule has 1 saturated heterocycles. The first-order chi connectivity index (χ1) is 8.84. The molecular weight excluding hydrogens is 222 g/mol. The third kappa shape index (κ3) is 2.21. The molecule has 2 heteroatoms. The van der Waals surface area contributed by atoms with Gasteiger partial charge in [0.1, 0.15) is 12.3 Å². The van der Waals surface area contributed by atoms with Crippen molar-refractivity contribution in [3.63, 3.8) is 0 Å². The van der Waals surface area contributed by atoms with Crippen LogP contribution >= 0.6 is 0 Å². The van der Waals surface area contributed by atoms with Crippen LogP contribution in [0.4, 0.5) is 0 Å². The van der Waals surface area contributed by atoms with Gasteiger partial charge in [0.05, 0.1) is 13.1 Å². The molecule has 0 radical (unpaired) electrons. The van der Waals surface area contributed by atoms with E-state index >= 15 is 0 Å². The molecule has 3 rings (SSSR count). The van der Waals surface area contributed by atoms with E-state index in [0.29, 0.717) is 5.75 Å². The maximum atomic E-state index is 10.4. The van der Waals surface area contributed by atoms with E-state index in [4.69, 9.17) is 0 Å². The predicted octanol–water partition coefficient (Wildman–Crippen LogP) is 2.11. The first-order valence-electron chi connectivity index (χ1n) is 6.88. The summed E-state index contributed by atoms with van der Waals surface area (Å²) in [6, 6.07) is 12.2. The molecule has 2 aromatic rings. The van der Waals surface area contributed by atoms with Gasteiger partial charge < -0.3 is 10.0 Å². The summed E-state index contributed by atoms with van der Waals surface area (Å²) in [7, 11) is 0. The maximum absolute atomic E-state index is 10.4. The highest BCUT2D eigenvalue weighted by Gasteiger charge is 2.16. The number of benzene rings is 2. The van der Waals surface area contributed by atoms with Gasteiger partial charge in [-0.15, -0.1) is 0 Å². The second-order valence-electron chi connectivity index (χ2n) is 5.28. The number of likely N-dealkylation sites (tertiary alicyclic amines) is 1. The van der Waals surface area contributed by atoms with Crippen LogP contribution < -0.4 is 4.90 Å². The van der Waals surface area contributed by atoms with Gasteiger partial charge in [-0.05, 0) is 30.7 Å². The lowest BCUT2D eigenvalue weighted by Gasteiger charge is -2.24. The van der Waals surface area contributed by atoms with Crippen molar-refractivity contribution in [1.82, 2.24) is 0 Å². The summed E-state index contributed by atoms with van der Waals surface area (Å²) in [5.41, 5.74) is 1.09. The lowest BCUT2D eigenvalue weighted by Crippen LogP contribution is -3.11. The van der Waals surface area contributed by atoms with Gasteiger partial charge in [-0.3, -0.25) is 0 Å². The summed E-state index contributed by atoms with van der Waals surface area (Å²) in [5.74, 6) is 0.478. The Morgan fingerprint density at radius 3 is 2.56 bits per heavy atom. The first kappa shape index (κ1) is 11.5. The van der Waals surface area contributed by atoms with Crippen LogP contribution in [0.25, 0.3) is 10.8 Å². The fraction of sp³-hybridized carbons (Fsp3) is 0.375. The number of phenolic OH excluding ortho intramolecular Hbond substituents is 1. The molecule has 0 unspecified atom stereocenters. The van der Waals surface area contributed by atoms with E-state index in [9.17, 15) is 5.11 Å². The van der Waals surface area contributed by atoms with Gasteiger partial charge in [-0.25, -0.2) is 0 Å². The Hall–Kier alpha value is -1.54. The Morgan fingerprint density at radius 2 is 1.72 bits per heavy atom. The van der Waals surface area contributed by atoms with Crippen LogP contribution in [0.5, 0.6) is 5.75 Å². The molecule has 0 aliphatic carbocycles. The summed E-state index contributed by atoms with van der Waals surface area (Å²) in [4.78, 5) is 1.60. The van der Waals surface area contributed by atoms with E-state index in [-0.39, 0.29) is 0 Å². The highest BCUT2D eigenvalue weighted by atomic mass is 16.3. The van der Waals surface area contributed by atoms with Gasteiger partial charge in [-0.2, -0.15) is 0 Å². The van der Waals surface area contributed by atoms with Gasteiger partial charge >= 0.3 is 0 Å². The van der Waals surface area contributed by atoms with Gasteiger partial charge in [0.2, 0.25) is 0 Å². The van der Waals surface area contributed by atoms with Crippen LogP contribution in [0.15, 0.2) is 36.4 Å². The summed E-state index contributed by atoms with van der Waals surface area (Å²) in [6.07, 6.45) is 4.01. The van der Waals surface area contributed by atoms with Gasteiger partial charge in [-0.1, -0.05) is 30.3 Å². The van der Waals surface area contributed by atoms with Crippen molar-refractivity contribution in [2.45, 2.75) is 25.8 Å². The van der Waals surface area contributed by atoms with E-state index in [1.54, 1.807) is 4.90 Å². The smallest absolute Gasteiger partial charge is 0.132 e. The van der Waals surface area contributed by atoms with Crippen molar-refractivity contribution in [3.8, 4) is 5.75 Å². The molecule has 2 aromatic carbocycles. The van der Waals surface area contributed by atoms with Gasteiger partial charge in [0, 0.05) is 10.9 Å². The Balaban J connectivity index is 1.89. The molecule has 18 heavy (non-hydrogen) atoms. The zero-order valence-electron chi connectivity index (χ0n) is 10.7. The molecule has 0 spiro atoms. The number of hydrogen-bond donors (Lipinski definition) is 2. The fourth-order valence-electron chi connectivity index (χ4n) is 2.94. The molecule has 0 atom stereocenters. The zero-order chi connectivity index (χ0) is 12.4. The van der Waals surface area contributed by atoms with Gasteiger partial charge in [0.15, 0.2) is 0 Å². The van der Waals surface area contributed by atoms with Crippen LogP contribution in [0, 0.1) is 0 Å². The number of aromatic hydroxyl groups is 1. The summed E-state index contributed by atoms with van der Waals surface area (Å²) in [5, 5.41) is 12.5. The molecule has 1 fully saturated rings. The highest BCUT2D eigenvalue weighted by Crippen LogP contribution is 2.28. The van der Waals surface area contributed by atoms with E-state index < -0.39 is 0 Å². The first-order valence-corrected chi connectivity index (χ1v) is 6.88. The second kappa shape index (κ2) is 4.99. The molecular formula is C16H20NO+. The van der Waals surface area contributed by atoms with E-state index in [1.807, 2.05) is 24.3 Å². The topological polar surface area (TPSA) is 24.7 Å². The minimum absolute atomic E-state index is 0.478. The van der Waals surface area contributed by atoms with Crippen LogP contribution in [-0.4, -0.2) is 18.2 Å². The molecule has 0 saturated carbocycles. The van der Waals surface area contributed by atoms with Crippen molar-refractivity contribution < 1.29 is 10.0 Å². The van der Waals surface area contributed by atoms with Crippen molar-refractivity contribution in [2.24, 2.45) is 0 Å². The van der Waals surface area contributed by atoms with Crippen molar-refractivity contribution >= 4 is 10.8 Å². The number of rotatable bonds is 2. The Bertz CT molecular complexity index is 544. The number of phenols is 1. The van der Waals surface area contributed by atoms with Crippen LogP contribution in [0.3, 0.4) is 0 Å². The molecule has 0 bridgehead atoms. The minimum Gasteiger partial charge on any atom is -0.507 e. The quantitative estimate of drug-likeness (QED) is 0.828. The Morgan fingerprint density at radius 1 is 0.944 bits per heavy atom. The molecule has 1 aliphatic rings. The fourth-order valence-corrected chi connectivity index (χ4v) is 2.94. The molecule has 1 aliphatic heterocycles. The third-order valence-electron chi connectivity index (χ3n) is 3.99. The van der Waals surface area contributed by atoms with Crippen molar-refractivity contribution in [3.05, 3.63) is 42.0 Å². The SMILES string of the molecule is Oc1c(C[NH+]2CCCCC2)ccc2ccccc12.